The molecular weight excluding hydrogens is 640 g/mol. The zero-order chi connectivity index (χ0) is 34.5. The van der Waals surface area contributed by atoms with Crippen LogP contribution in [0.4, 0.5) is 10.2 Å². The van der Waals surface area contributed by atoms with Crippen molar-refractivity contribution in [3.05, 3.63) is 54.5 Å². The number of hydrogen-bond donors (Lipinski definition) is 2. The predicted octanol–water partition coefficient (Wildman–Crippen LogP) is 3.58. The maximum absolute atomic E-state index is 15.6. The van der Waals surface area contributed by atoms with Gasteiger partial charge < -0.3 is 29.2 Å². The summed E-state index contributed by atoms with van der Waals surface area (Å²) in [5.41, 5.74) is 4.45. The fourth-order valence-electron chi connectivity index (χ4n) is 4.73. The van der Waals surface area contributed by atoms with E-state index in [9.17, 15) is 18.9 Å². The number of nitrogens with zero attached hydrogens (tertiary/aromatic N) is 3. The van der Waals surface area contributed by atoms with Crippen LogP contribution in [0.1, 0.15) is 46.4 Å². The van der Waals surface area contributed by atoms with Gasteiger partial charge in [-0.3, -0.25) is 18.9 Å². The summed E-state index contributed by atoms with van der Waals surface area (Å²) in [7, 11) is -3.39. The monoisotopic (exact) mass is 679 g/mol. The molecule has 6 atom stereocenters. The molecule has 3 heterocycles. The number of para-hydroxylation sites is 1. The van der Waals surface area contributed by atoms with E-state index < -0.39 is 80.7 Å². The first-order valence-electron chi connectivity index (χ1n) is 14.8. The SMILES string of the molecule is COC(=O)C(C)NP(=O)(OC[C@@]1(CF)O[C@@H](c2ccc3c(N)ncnn23)[C@H](OC(=O)C(C)C)[C@@H]1OC(=O)C(C)C)Oc1ccccc1. The maximum Gasteiger partial charge on any atom is 0.459 e. The van der Waals surface area contributed by atoms with E-state index >= 15 is 4.39 Å². The molecule has 1 aliphatic heterocycles. The van der Waals surface area contributed by atoms with E-state index in [-0.39, 0.29) is 17.3 Å². The summed E-state index contributed by atoms with van der Waals surface area (Å²) in [6.45, 7) is 5.46. The topological polar surface area (TPSA) is 192 Å². The molecule has 3 N–H and O–H groups in total. The minimum atomic E-state index is -4.53. The number of nitrogens with two attached hydrogens (primary N) is 1. The number of rotatable bonds is 14. The van der Waals surface area contributed by atoms with Gasteiger partial charge in [-0.2, -0.15) is 10.2 Å². The Kier molecular flexibility index (Phi) is 11.2. The Hall–Kier alpha value is -4.11. The third-order valence-corrected chi connectivity index (χ3v) is 8.92. The lowest BCUT2D eigenvalue weighted by Gasteiger charge is -2.33. The Bertz CT molecular complexity index is 1620. The number of fused-ring (bicyclic) bond motifs is 1. The largest absolute Gasteiger partial charge is 0.468 e. The van der Waals surface area contributed by atoms with E-state index in [1.807, 2.05) is 0 Å². The molecule has 47 heavy (non-hydrogen) atoms. The van der Waals surface area contributed by atoms with Crippen molar-refractivity contribution in [3.8, 4) is 5.75 Å². The lowest BCUT2D eigenvalue weighted by Crippen LogP contribution is -2.52. The molecule has 0 spiro atoms. The smallest absolute Gasteiger partial charge is 0.459 e. The normalized spacial score (nSPS) is 23.0. The minimum Gasteiger partial charge on any atom is -0.468 e. The van der Waals surface area contributed by atoms with Crippen LogP contribution in [0.25, 0.3) is 5.52 Å². The fraction of sp³-hybridized carbons (Fsp3) is 0.500. The molecule has 15 nitrogen and oxygen atoms in total. The zero-order valence-electron chi connectivity index (χ0n) is 26.8. The second-order valence-electron chi connectivity index (χ2n) is 11.6. The first-order chi connectivity index (χ1) is 22.2. The fourth-order valence-corrected chi connectivity index (χ4v) is 6.27. The Morgan fingerprint density at radius 3 is 2.32 bits per heavy atom. The summed E-state index contributed by atoms with van der Waals surface area (Å²) >= 11 is 0. The highest BCUT2D eigenvalue weighted by atomic mass is 31.2. The number of aromatic nitrogens is 3. The van der Waals surface area contributed by atoms with Crippen molar-refractivity contribution in [3.63, 3.8) is 0 Å². The summed E-state index contributed by atoms with van der Waals surface area (Å²) in [5.74, 6) is -3.30. The van der Waals surface area contributed by atoms with Gasteiger partial charge in [0.25, 0.3) is 0 Å². The van der Waals surface area contributed by atoms with Crippen molar-refractivity contribution in [2.75, 3.05) is 26.1 Å². The lowest BCUT2D eigenvalue weighted by atomic mass is 9.95. The number of nitrogens with one attached hydrogen (secondary N) is 1. The molecular formula is C30H39FN5O10P. The van der Waals surface area contributed by atoms with Crippen molar-refractivity contribution >= 4 is 37.0 Å². The molecule has 17 heteroatoms. The number of carbonyl (C=O) groups excluding carboxylic acids is 3. The van der Waals surface area contributed by atoms with Gasteiger partial charge in [0, 0.05) is 0 Å². The zero-order valence-corrected chi connectivity index (χ0v) is 27.7. The van der Waals surface area contributed by atoms with Gasteiger partial charge in [-0.25, -0.2) is 18.5 Å². The number of benzene rings is 1. The Balaban J connectivity index is 1.80. The number of halogens is 1. The van der Waals surface area contributed by atoms with E-state index in [2.05, 4.69) is 15.2 Å². The molecule has 0 amide bonds. The highest BCUT2D eigenvalue weighted by molar-refractivity contribution is 7.52. The number of ether oxygens (including phenoxy) is 4. The van der Waals surface area contributed by atoms with Crippen LogP contribution in [-0.4, -0.2) is 76.7 Å². The third kappa shape index (κ3) is 7.89. The molecule has 0 aliphatic carbocycles. The van der Waals surface area contributed by atoms with E-state index in [1.54, 1.807) is 58.0 Å². The molecule has 2 unspecified atom stereocenters. The van der Waals surface area contributed by atoms with Gasteiger partial charge in [-0.1, -0.05) is 45.9 Å². The van der Waals surface area contributed by atoms with Gasteiger partial charge in [-0.15, -0.1) is 0 Å². The van der Waals surface area contributed by atoms with Crippen molar-refractivity contribution in [1.29, 1.82) is 0 Å². The van der Waals surface area contributed by atoms with E-state index in [0.717, 1.165) is 7.11 Å². The summed E-state index contributed by atoms with van der Waals surface area (Å²) in [4.78, 5) is 42.3. The van der Waals surface area contributed by atoms with Crippen LogP contribution >= 0.6 is 7.75 Å². The number of alkyl halides is 1. The molecule has 1 aliphatic rings. The van der Waals surface area contributed by atoms with Crippen molar-refractivity contribution in [2.24, 2.45) is 11.8 Å². The van der Waals surface area contributed by atoms with Gasteiger partial charge >= 0.3 is 25.7 Å². The summed E-state index contributed by atoms with van der Waals surface area (Å²) in [5, 5.41) is 6.72. The van der Waals surface area contributed by atoms with E-state index in [1.165, 1.54) is 29.9 Å². The molecule has 1 fully saturated rings. The highest BCUT2D eigenvalue weighted by Crippen LogP contribution is 2.50. The third-order valence-electron chi connectivity index (χ3n) is 7.30. The summed E-state index contributed by atoms with van der Waals surface area (Å²) < 4.78 is 65.3. The van der Waals surface area contributed by atoms with Gasteiger partial charge in [-0.05, 0) is 31.2 Å². The molecule has 0 radical (unpaired) electrons. The first-order valence-corrected chi connectivity index (χ1v) is 16.4. The second-order valence-corrected chi connectivity index (χ2v) is 13.2. The predicted molar refractivity (Wildman–Crippen MR) is 165 cm³/mol. The van der Waals surface area contributed by atoms with Crippen molar-refractivity contribution in [1.82, 2.24) is 19.7 Å². The van der Waals surface area contributed by atoms with Gasteiger partial charge in [0.2, 0.25) is 0 Å². The van der Waals surface area contributed by atoms with E-state index in [0.29, 0.717) is 5.52 Å². The quantitative estimate of drug-likeness (QED) is 0.143. The standard InChI is InChI=1S/C30H39FN5O10P/c1-17(2)27(37)43-24-23(21-12-13-22-26(32)33-16-34-36(21)22)45-30(14-31,25(24)44-28(38)18(3)4)15-42-47(40,35-19(5)29(39)41-6)46-20-10-8-7-9-11-20/h7-13,16-19,23-25H,14-15H2,1-6H3,(H,35,40)(H2,32,33,34)/t19?,23-,24-,25-,30+,47?/m0/s1. The van der Waals surface area contributed by atoms with Crippen LogP contribution in [0, 0.1) is 11.8 Å². The first kappa shape index (κ1) is 35.7. The van der Waals surface area contributed by atoms with E-state index in [4.69, 9.17) is 33.7 Å². The minimum absolute atomic E-state index is 0.100. The summed E-state index contributed by atoms with van der Waals surface area (Å²) in [6.07, 6.45) is -3.15. The maximum atomic E-state index is 15.6. The van der Waals surface area contributed by atoms with Crippen LogP contribution in [0.15, 0.2) is 48.8 Å². The molecule has 2 aromatic heterocycles. The molecule has 4 rings (SSSR count). The molecule has 3 aromatic rings. The van der Waals surface area contributed by atoms with Crippen LogP contribution in [0.2, 0.25) is 0 Å². The average molecular weight is 680 g/mol. The number of nitrogen functional groups attached to an aromatic ring is 1. The van der Waals surface area contributed by atoms with Crippen LogP contribution < -0.4 is 15.3 Å². The van der Waals surface area contributed by atoms with Crippen LogP contribution in [0.5, 0.6) is 5.75 Å². The molecule has 1 aromatic carbocycles. The average Bonchev–Trinajstić information content (AvgIpc) is 3.60. The van der Waals surface area contributed by atoms with Crippen molar-refractivity contribution < 1.29 is 51.3 Å². The highest BCUT2D eigenvalue weighted by Gasteiger charge is 2.62. The van der Waals surface area contributed by atoms with Gasteiger partial charge in [0.15, 0.2) is 23.6 Å². The Morgan fingerprint density at radius 2 is 1.70 bits per heavy atom. The number of carbonyl (C=O) groups is 3. The van der Waals surface area contributed by atoms with Gasteiger partial charge in [0.05, 0.1) is 31.2 Å². The molecule has 256 valence electrons. The molecule has 0 saturated carbocycles. The van der Waals surface area contributed by atoms with Gasteiger partial charge in [0.1, 0.15) is 36.4 Å². The number of anilines is 1. The second kappa shape index (κ2) is 14.8. The Labute approximate surface area is 270 Å². The molecule has 0 bridgehead atoms. The molecule has 1 saturated heterocycles. The van der Waals surface area contributed by atoms with Crippen molar-refractivity contribution in [2.45, 2.75) is 64.6 Å². The number of esters is 3. The van der Waals surface area contributed by atoms with Crippen LogP contribution in [-0.2, 0) is 42.4 Å². The number of hydrogen-bond acceptors (Lipinski definition) is 13. The Morgan fingerprint density at radius 1 is 1.04 bits per heavy atom. The summed E-state index contributed by atoms with van der Waals surface area (Å²) in [6, 6.07) is 9.89. The number of methoxy groups -OCH3 is 1. The lowest BCUT2D eigenvalue weighted by molar-refractivity contribution is -0.178. The van der Waals surface area contributed by atoms with Crippen LogP contribution in [0.3, 0.4) is 0 Å².